The van der Waals surface area contributed by atoms with Gasteiger partial charge in [-0.1, -0.05) is 47.7 Å². The Morgan fingerprint density at radius 3 is 2.82 bits per heavy atom. The third-order valence-corrected chi connectivity index (χ3v) is 7.38. The fraction of sp³-hybridized carbons (Fsp3) is 0.333. The topological polar surface area (TPSA) is 95.4 Å². The highest BCUT2D eigenvalue weighted by Crippen LogP contribution is 2.26. The molecule has 0 fully saturated rings. The second kappa shape index (κ2) is 11.5. The highest BCUT2D eigenvalue weighted by atomic mass is 79.9. The van der Waals surface area contributed by atoms with Gasteiger partial charge in [-0.3, -0.25) is 4.99 Å². The van der Waals surface area contributed by atoms with Crippen LogP contribution in [0.1, 0.15) is 23.7 Å². The van der Waals surface area contributed by atoms with E-state index in [1.807, 2.05) is 41.1 Å². The summed E-state index contributed by atoms with van der Waals surface area (Å²) in [6.45, 7) is 8.17. The van der Waals surface area contributed by atoms with Crippen molar-refractivity contribution in [1.29, 1.82) is 0 Å². The van der Waals surface area contributed by atoms with Crippen molar-refractivity contribution in [3.05, 3.63) is 64.8 Å². The molecule has 0 aliphatic carbocycles. The molecule has 0 aliphatic rings. The van der Waals surface area contributed by atoms with Gasteiger partial charge in [0.25, 0.3) is 0 Å². The number of hydrogen-bond donors (Lipinski definition) is 1. The first-order valence-corrected chi connectivity index (χ1v) is 15.3. The van der Waals surface area contributed by atoms with Crippen LogP contribution >= 0.6 is 15.9 Å². The lowest BCUT2D eigenvalue weighted by molar-refractivity contribution is -0.108. The molecule has 9 heteroatoms. The van der Waals surface area contributed by atoms with Crippen LogP contribution in [0.25, 0.3) is 16.6 Å². The van der Waals surface area contributed by atoms with E-state index in [1.54, 1.807) is 6.21 Å². The first kappa shape index (κ1) is 25.0. The predicted molar refractivity (Wildman–Crippen MR) is 140 cm³/mol. The number of fused-ring (bicyclic) bond motifs is 1. The number of halogens is 1. The Kier molecular flexibility index (Phi) is 8.71. The minimum absolute atomic E-state index is 0.273. The molecule has 2 heterocycles. The van der Waals surface area contributed by atoms with Gasteiger partial charge in [-0.25, -0.2) is 9.97 Å². The van der Waals surface area contributed by atoms with E-state index < -0.39 is 8.07 Å². The molecular formula is C24H30BrN5O2Si. The largest absolute Gasteiger partial charge is 0.404 e. The number of allylic oxidation sites excluding steroid dienone is 1. The average Bonchev–Trinajstić information content (AvgIpc) is 3.19. The van der Waals surface area contributed by atoms with Crippen molar-refractivity contribution in [2.75, 3.05) is 6.61 Å². The lowest BCUT2D eigenvalue weighted by atomic mass is 10.0. The number of rotatable bonds is 11. The van der Waals surface area contributed by atoms with Gasteiger partial charge in [-0.05, 0) is 29.8 Å². The van der Waals surface area contributed by atoms with Crippen molar-refractivity contribution in [2.45, 2.75) is 44.9 Å². The van der Waals surface area contributed by atoms with Crippen LogP contribution in [0.5, 0.6) is 0 Å². The second-order valence-corrected chi connectivity index (χ2v) is 15.5. The molecule has 33 heavy (non-hydrogen) atoms. The number of ether oxygens (including phenoxy) is 1. The van der Waals surface area contributed by atoms with E-state index in [0.29, 0.717) is 18.0 Å². The number of benzene rings is 1. The van der Waals surface area contributed by atoms with Gasteiger partial charge < -0.3 is 19.8 Å². The second-order valence-electron chi connectivity index (χ2n) is 8.97. The van der Waals surface area contributed by atoms with E-state index in [4.69, 9.17) is 10.5 Å². The average molecular weight is 529 g/mol. The molecule has 0 saturated carbocycles. The quantitative estimate of drug-likeness (QED) is 0.160. The molecule has 0 saturated heterocycles. The zero-order valence-electron chi connectivity index (χ0n) is 19.2. The lowest BCUT2D eigenvalue weighted by Crippen LogP contribution is -2.22. The van der Waals surface area contributed by atoms with E-state index in [1.165, 1.54) is 12.5 Å². The summed E-state index contributed by atoms with van der Waals surface area (Å²) in [5, 5.41) is 0.865. The Balaban J connectivity index is 1.82. The molecule has 174 valence electrons. The molecule has 3 aromatic rings. The predicted octanol–water partition coefficient (Wildman–Crippen LogP) is 5.21. The van der Waals surface area contributed by atoms with Crippen LogP contribution in [0.2, 0.25) is 25.7 Å². The summed E-state index contributed by atoms with van der Waals surface area (Å²) >= 11 is 3.47. The molecular weight excluding hydrogens is 498 g/mol. The number of aliphatic imine (C=N–C) groups is 1. The summed E-state index contributed by atoms with van der Waals surface area (Å²) in [6, 6.07) is 10.5. The number of nitrogens with zero attached hydrogens (tertiary/aromatic N) is 4. The van der Waals surface area contributed by atoms with Crippen LogP contribution in [-0.4, -0.2) is 41.7 Å². The molecule has 2 N–H and O–H groups in total. The van der Waals surface area contributed by atoms with E-state index in [9.17, 15) is 4.79 Å². The Morgan fingerprint density at radius 1 is 1.30 bits per heavy atom. The molecule has 0 spiro atoms. The first-order valence-electron chi connectivity index (χ1n) is 10.8. The van der Waals surface area contributed by atoms with Gasteiger partial charge in [-0.2, -0.15) is 0 Å². The normalized spacial score (nSPS) is 13.6. The van der Waals surface area contributed by atoms with E-state index >= 15 is 0 Å². The third kappa shape index (κ3) is 6.93. The van der Waals surface area contributed by atoms with Crippen molar-refractivity contribution in [3.63, 3.8) is 0 Å². The van der Waals surface area contributed by atoms with E-state index in [0.717, 1.165) is 40.0 Å². The van der Waals surface area contributed by atoms with Crippen molar-refractivity contribution in [1.82, 2.24) is 14.5 Å². The number of aldehydes is 1. The third-order valence-electron chi connectivity index (χ3n) is 5.18. The summed E-state index contributed by atoms with van der Waals surface area (Å²) in [6.07, 6.45) is 7.77. The molecule has 3 rings (SSSR count). The van der Waals surface area contributed by atoms with Crippen molar-refractivity contribution in [3.8, 4) is 0 Å². The summed E-state index contributed by atoms with van der Waals surface area (Å²) in [5.41, 5.74) is 9.01. The molecule has 2 aromatic heterocycles. The summed E-state index contributed by atoms with van der Waals surface area (Å²) in [7, 11) is -1.13. The van der Waals surface area contributed by atoms with Gasteiger partial charge >= 0.3 is 0 Å². The van der Waals surface area contributed by atoms with Gasteiger partial charge in [0.2, 0.25) is 0 Å². The zero-order chi connectivity index (χ0) is 23.8. The Labute approximate surface area is 203 Å². The van der Waals surface area contributed by atoms with Gasteiger partial charge in [0, 0.05) is 55.1 Å². The van der Waals surface area contributed by atoms with Crippen LogP contribution < -0.4 is 5.73 Å². The molecule has 0 radical (unpaired) electrons. The zero-order valence-corrected chi connectivity index (χ0v) is 21.8. The number of carbonyl (C=O) groups is 1. The standard InChI is InChI=1S/C24H30BrN5O2Si/c1-33(2,3)12-11-32-17-30-9-7-21-23(28-16-29-24(21)30)19(14-26)15-27-22(8-10-31)18-5-4-6-20(25)13-18/h4-7,9-10,13-16,22H,8,11-12,17,26H2,1-3H3. The maximum Gasteiger partial charge on any atom is 0.145 e. The maximum absolute atomic E-state index is 11.2. The molecule has 1 atom stereocenters. The molecule has 0 amide bonds. The molecule has 1 aromatic carbocycles. The molecule has 7 nitrogen and oxygen atoms in total. The van der Waals surface area contributed by atoms with E-state index in [2.05, 4.69) is 50.5 Å². The number of aromatic nitrogens is 3. The minimum Gasteiger partial charge on any atom is -0.404 e. The van der Waals surface area contributed by atoms with Gasteiger partial charge in [0.05, 0.1) is 11.7 Å². The van der Waals surface area contributed by atoms with Crippen molar-refractivity contribution >= 4 is 53.1 Å². The summed E-state index contributed by atoms with van der Waals surface area (Å²) in [4.78, 5) is 24.8. The monoisotopic (exact) mass is 527 g/mol. The van der Waals surface area contributed by atoms with E-state index in [-0.39, 0.29) is 12.5 Å². The smallest absolute Gasteiger partial charge is 0.145 e. The SMILES string of the molecule is C[Si](C)(C)CCOCn1ccc2c(C(C=NC(CC=O)c3cccc(Br)c3)=CN)ncnc21. The summed E-state index contributed by atoms with van der Waals surface area (Å²) in [5.74, 6) is 0. The van der Waals surface area contributed by atoms with Gasteiger partial charge in [0.15, 0.2) is 0 Å². The molecule has 1 unspecified atom stereocenters. The Bertz CT molecular complexity index is 1150. The number of hydrogen-bond acceptors (Lipinski definition) is 6. The fourth-order valence-corrected chi connectivity index (χ4v) is 4.49. The Hall–Kier alpha value is -2.62. The fourth-order valence-electron chi connectivity index (χ4n) is 3.32. The van der Waals surface area contributed by atoms with Crippen LogP contribution in [-0.2, 0) is 16.3 Å². The first-order chi connectivity index (χ1) is 15.8. The highest BCUT2D eigenvalue weighted by Gasteiger charge is 2.15. The van der Waals surface area contributed by atoms with Crippen LogP contribution in [0.3, 0.4) is 0 Å². The number of nitrogens with two attached hydrogens (primary N) is 1. The van der Waals surface area contributed by atoms with Crippen LogP contribution in [0.4, 0.5) is 0 Å². The van der Waals surface area contributed by atoms with Crippen molar-refractivity contribution in [2.24, 2.45) is 10.7 Å². The van der Waals surface area contributed by atoms with Crippen LogP contribution in [0.15, 0.2) is 58.5 Å². The molecule has 0 bridgehead atoms. The maximum atomic E-state index is 11.2. The molecule has 0 aliphatic heterocycles. The lowest BCUT2D eigenvalue weighted by Gasteiger charge is -2.15. The number of carbonyl (C=O) groups excluding carboxylic acids is 1. The minimum atomic E-state index is -1.13. The highest BCUT2D eigenvalue weighted by molar-refractivity contribution is 9.10. The summed E-state index contributed by atoms with van der Waals surface area (Å²) < 4.78 is 8.79. The van der Waals surface area contributed by atoms with Crippen LogP contribution in [0, 0.1) is 0 Å². The van der Waals surface area contributed by atoms with Crippen molar-refractivity contribution < 1.29 is 9.53 Å². The van der Waals surface area contributed by atoms with Gasteiger partial charge in [0.1, 0.15) is 25.0 Å². The van der Waals surface area contributed by atoms with Gasteiger partial charge in [-0.15, -0.1) is 0 Å². The Morgan fingerprint density at radius 2 is 2.12 bits per heavy atom.